The van der Waals surface area contributed by atoms with E-state index in [-0.39, 0.29) is 0 Å². The summed E-state index contributed by atoms with van der Waals surface area (Å²) in [5, 5.41) is 8.83. The third-order valence-corrected chi connectivity index (χ3v) is 3.42. The van der Waals surface area contributed by atoms with Crippen molar-refractivity contribution in [1.29, 1.82) is 5.26 Å². The molecule has 1 heterocycles. The van der Waals surface area contributed by atoms with Crippen molar-refractivity contribution in [2.75, 3.05) is 20.3 Å². The number of rotatable bonds is 3. The molecule has 2 rings (SSSR count). The van der Waals surface area contributed by atoms with Crippen LogP contribution >= 0.6 is 0 Å². The lowest BCUT2D eigenvalue weighted by atomic mass is 10.0. The van der Waals surface area contributed by atoms with Crippen LogP contribution in [0, 0.1) is 18.3 Å². The lowest BCUT2D eigenvalue weighted by Crippen LogP contribution is -2.31. The predicted molar refractivity (Wildman–Crippen MR) is 66.6 cm³/mol. The maximum Gasteiger partial charge on any atom is 0.0991 e. The van der Waals surface area contributed by atoms with Crippen molar-refractivity contribution in [2.24, 2.45) is 0 Å². The highest BCUT2D eigenvalue weighted by atomic mass is 16.5. The Morgan fingerprint density at radius 2 is 2.35 bits per heavy atom. The summed E-state index contributed by atoms with van der Waals surface area (Å²) in [4.78, 5) is 2.33. The number of benzene rings is 1. The number of likely N-dealkylation sites (N-methyl/N-ethyl adjacent to an activating group) is 1. The van der Waals surface area contributed by atoms with E-state index >= 15 is 0 Å². The van der Waals surface area contributed by atoms with Crippen molar-refractivity contribution in [1.82, 2.24) is 4.90 Å². The molecule has 1 aromatic rings. The summed E-state index contributed by atoms with van der Waals surface area (Å²) in [6, 6.07) is 8.60. The number of hydrogen-bond acceptors (Lipinski definition) is 3. The fourth-order valence-electron chi connectivity index (χ4n) is 2.21. The van der Waals surface area contributed by atoms with Gasteiger partial charge in [0.05, 0.1) is 18.2 Å². The maximum absolute atomic E-state index is 8.83. The van der Waals surface area contributed by atoms with E-state index < -0.39 is 0 Å². The number of ether oxygens (including phenoxy) is 1. The van der Waals surface area contributed by atoms with Gasteiger partial charge < -0.3 is 4.74 Å². The number of aryl methyl sites for hydroxylation is 1. The molecule has 3 heteroatoms. The van der Waals surface area contributed by atoms with Crippen LogP contribution in [-0.4, -0.2) is 31.2 Å². The molecular formula is C14H18N2O. The molecule has 0 aromatic heterocycles. The van der Waals surface area contributed by atoms with Gasteiger partial charge in [0.2, 0.25) is 0 Å². The van der Waals surface area contributed by atoms with Crippen LogP contribution in [0.2, 0.25) is 0 Å². The van der Waals surface area contributed by atoms with Gasteiger partial charge in [0.15, 0.2) is 0 Å². The molecule has 0 saturated carbocycles. The van der Waals surface area contributed by atoms with E-state index in [0.29, 0.717) is 6.04 Å². The molecule has 0 N–H and O–H groups in total. The Bertz CT molecular complexity index is 430. The van der Waals surface area contributed by atoms with E-state index in [1.165, 1.54) is 11.1 Å². The first-order valence-electron chi connectivity index (χ1n) is 5.98. The molecule has 0 spiro atoms. The molecule has 1 saturated heterocycles. The molecule has 17 heavy (non-hydrogen) atoms. The second-order valence-electron chi connectivity index (χ2n) is 4.69. The first kappa shape index (κ1) is 12.1. The average Bonchev–Trinajstić information content (AvgIpc) is 2.85. The summed E-state index contributed by atoms with van der Waals surface area (Å²) in [6.07, 6.45) is 1.12. The summed E-state index contributed by atoms with van der Waals surface area (Å²) < 4.78 is 5.40. The van der Waals surface area contributed by atoms with Crippen LogP contribution in [0.4, 0.5) is 0 Å². The smallest absolute Gasteiger partial charge is 0.0991 e. The van der Waals surface area contributed by atoms with Gasteiger partial charge >= 0.3 is 0 Å². The summed E-state index contributed by atoms with van der Waals surface area (Å²) in [6.45, 7) is 4.70. The molecule has 0 amide bonds. The van der Waals surface area contributed by atoms with Gasteiger partial charge in [-0.15, -0.1) is 0 Å². The quantitative estimate of drug-likeness (QED) is 0.797. The molecule has 1 aliphatic rings. The Kier molecular flexibility index (Phi) is 3.78. The zero-order chi connectivity index (χ0) is 12.3. The Balaban J connectivity index is 2.05. The van der Waals surface area contributed by atoms with Gasteiger partial charge in [0, 0.05) is 19.2 Å². The first-order valence-corrected chi connectivity index (χ1v) is 5.98. The Hall–Kier alpha value is -1.37. The van der Waals surface area contributed by atoms with Crippen LogP contribution in [-0.2, 0) is 11.3 Å². The average molecular weight is 230 g/mol. The molecule has 0 bridgehead atoms. The first-order chi connectivity index (χ1) is 8.20. The van der Waals surface area contributed by atoms with Crippen LogP contribution in [0.3, 0.4) is 0 Å². The summed E-state index contributed by atoms with van der Waals surface area (Å²) in [7, 11) is 2.14. The van der Waals surface area contributed by atoms with Crippen LogP contribution in [0.1, 0.15) is 23.1 Å². The van der Waals surface area contributed by atoms with Crippen LogP contribution in [0.15, 0.2) is 18.2 Å². The topological polar surface area (TPSA) is 36.3 Å². The molecular weight excluding hydrogens is 212 g/mol. The Labute approximate surface area is 103 Å². The van der Waals surface area contributed by atoms with E-state index in [0.717, 1.165) is 31.7 Å². The second-order valence-corrected chi connectivity index (χ2v) is 4.69. The number of nitriles is 1. The zero-order valence-electron chi connectivity index (χ0n) is 10.4. The summed E-state index contributed by atoms with van der Waals surface area (Å²) in [5.74, 6) is 0. The zero-order valence-corrected chi connectivity index (χ0v) is 10.4. The van der Waals surface area contributed by atoms with Crippen LogP contribution in [0.5, 0.6) is 0 Å². The SMILES string of the molecule is Cc1cc(C#N)ccc1CN(C)C1CCOC1. The van der Waals surface area contributed by atoms with Gasteiger partial charge in [-0.25, -0.2) is 0 Å². The summed E-state index contributed by atoms with van der Waals surface area (Å²) in [5.41, 5.74) is 3.21. The maximum atomic E-state index is 8.83. The highest BCUT2D eigenvalue weighted by Crippen LogP contribution is 2.17. The van der Waals surface area contributed by atoms with Crippen molar-refractivity contribution in [3.8, 4) is 6.07 Å². The normalized spacial score (nSPS) is 19.5. The lowest BCUT2D eigenvalue weighted by molar-refractivity contribution is 0.156. The van der Waals surface area contributed by atoms with Crippen molar-refractivity contribution in [3.05, 3.63) is 34.9 Å². The van der Waals surface area contributed by atoms with Gasteiger partial charge in [0.25, 0.3) is 0 Å². The van der Waals surface area contributed by atoms with Crippen molar-refractivity contribution in [3.63, 3.8) is 0 Å². The molecule has 1 aliphatic heterocycles. The third kappa shape index (κ3) is 2.85. The second kappa shape index (κ2) is 5.31. The number of hydrogen-bond donors (Lipinski definition) is 0. The van der Waals surface area contributed by atoms with E-state index in [4.69, 9.17) is 10.00 Å². The van der Waals surface area contributed by atoms with Crippen molar-refractivity contribution in [2.45, 2.75) is 25.9 Å². The summed E-state index contributed by atoms with van der Waals surface area (Å²) >= 11 is 0. The van der Waals surface area contributed by atoms with Gasteiger partial charge in [-0.1, -0.05) is 6.07 Å². The molecule has 3 nitrogen and oxygen atoms in total. The molecule has 1 fully saturated rings. The van der Waals surface area contributed by atoms with E-state index in [1.54, 1.807) is 0 Å². The van der Waals surface area contributed by atoms with E-state index in [9.17, 15) is 0 Å². The third-order valence-electron chi connectivity index (χ3n) is 3.42. The molecule has 0 aliphatic carbocycles. The molecule has 1 atom stereocenters. The van der Waals surface area contributed by atoms with Gasteiger partial charge in [-0.3, -0.25) is 4.90 Å². The highest BCUT2D eigenvalue weighted by molar-refractivity contribution is 5.37. The van der Waals surface area contributed by atoms with Gasteiger partial charge in [-0.05, 0) is 43.7 Å². The van der Waals surface area contributed by atoms with Gasteiger partial charge in [0.1, 0.15) is 0 Å². The molecule has 90 valence electrons. The van der Waals surface area contributed by atoms with Crippen molar-refractivity contribution < 1.29 is 4.74 Å². The predicted octanol–water partition coefficient (Wildman–Crippen LogP) is 2.09. The van der Waals surface area contributed by atoms with Gasteiger partial charge in [-0.2, -0.15) is 5.26 Å². The van der Waals surface area contributed by atoms with Crippen molar-refractivity contribution >= 4 is 0 Å². The highest BCUT2D eigenvalue weighted by Gasteiger charge is 2.20. The van der Waals surface area contributed by atoms with Crippen LogP contribution < -0.4 is 0 Å². The fourth-order valence-corrected chi connectivity index (χ4v) is 2.21. The minimum absolute atomic E-state index is 0.532. The van der Waals surface area contributed by atoms with Crippen LogP contribution in [0.25, 0.3) is 0 Å². The molecule has 0 radical (unpaired) electrons. The molecule has 1 unspecified atom stereocenters. The monoisotopic (exact) mass is 230 g/mol. The van der Waals surface area contributed by atoms with E-state index in [1.807, 2.05) is 12.1 Å². The minimum Gasteiger partial charge on any atom is -0.380 e. The Morgan fingerprint density at radius 1 is 1.53 bits per heavy atom. The standard InChI is InChI=1S/C14H18N2O/c1-11-7-12(8-15)3-4-13(11)9-16(2)14-5-6-17-10-14/h3-4,7,14H,5-6,9-10H2,1-2H3. The Morgan fingerprint density at radius 3 is 2.94 bits per heavy atom. The largest absolute Gasteiger partial charge is 0.380 e. The number of nitrogens with zero attached hydrogens (tertiary/aromatic N) is 2. The molecule has 1 aromatic carbocycles. The minimum atomic E-state index is 0.532. The lowest BCUT2D eigenvalue weighted by Gasteiger charge is -2.23. The fraction of sp³-hybridized carbons (Fsp3) is 0.500. The van der Waals surface area contributed by atoms with E-state index in [2.05, 4.69) is 31.0 Å².